The van der Waals surface area contributed by atoms with Gasteiger partial charge in [0, 0.05) is 17.6 Å². The summed E-state index contributed by atoms with van der Waals surface area (Å²) in [5.74, 6) is -0.727. The summed E-state index contributed by atoms with van der Waals surface area (Å²) in [5.41, 5.74) is 2.25. The summed E-state index contributed by atoms with van der Waals surface area (Å²) in [6.07, 6.45) is 2.84. The van der Waals surface area contributed by atoms with Crippen LogP contribution in [0.15, 0.2) is 53.0 Å². The summed E-state index contributed by atoms with van der Waals surface area (Å²) in [4.78, 5) is 27.7. The Morgan fingerprint density at radius 2 is 1.73 bits per heavy atom. The van der Waals surface area contributed by atoms with E-state index in [9.17, 15) is 18.0 Å². The Labute approximate surface area is 205 Å². The zero-order chi connectivity index (χ0) is 24.6. The lowest BCUT2D eigenvalue weighted by molar-refractivity contribution is -0.139. The van der Waals surface area contributed by atoms with Gasteiger partial charge in [0.2, 0.25) is 21.8 Å². The summed E-state index contributed by atoms with van der Waals surface area (Å²) < 4.78 is 26.8. The quantitative estimate of drug-likeness (QED) is 0.441. The first-order valence-electron chi connectivity index (χ1n) is 10.9. The van der Waals surface area contributed by atoms with Crippen LogP contribution in [-0.2, 0) is 26.2 Å². The molecule has 0 radical (unpaired) electrons. The van der Waals surface area contributed by atoms with Crippen molar-refractivity contribution >= 4 is 43.5 Å². The number of nitrogens with one attached hydrogen (secondary N) is 1. The molecule has 180 valence electrons. The van der Waals surface area contributed by atoms with Crippen molar-refractivity contribution < 1.29 is 18.0 Å². The van der Waals surface area contributed by atoms with Crippen molar-refractivity contribution in [1.29, 1.82) is 0 Å². The molecule has 33 heavy (non-hydrogen) atoms. The van der Waals surface area contributed by atoms with Crippen molar-refractivity contribution in [3.63, 3.8) is 0 Å². The van der Waals surface area contributed by atoms with Gasteiger partial charge in [-0.2, -0.15) is 0 Å². The van der Waals surface area contributed by atoms with Gasteiger partial charge in [-0.25, -0.2) is 8.42 Å². The summed E-state index contributed by atoms with van der Waals surface area (Å²) >= 11 is 3.37. The Balaban J connectivity index is 2.37. The van der Waals surface area contributed by atoms with E-state index in [1.807, 2.05) is 38.1 Å². The predicted octanol–water partition coefficient (Wildman–Crippen LogP) is 3.86. The second kappa shape index (κ2) is 12.2. The molecule has 2 aromatic rings. The zero-order valence-electron chi connectivity index (χ0n) is 19.5. The molecular formula is C24H32BrN3O4S. The van der Waals surface area contributed by atoms with Crippen molar-refractivity contribution in [2.24, 2.45) is 0 Å². The standard InChI is InChI=1S/C24H32BrN3O4S/c1-5-6-15-26-24(30)19(3)27(16-20-12-8-7-11-18(20)2)23(29)17-28(33(4,31)32)22-14-10-9-13-21(22)25/h7-14,19H,5-6,15-17H2,1-4H3,(H,26,30)/t19-/m1/s1. The third-order valence-corrected chi connectivity index (χ3v) is 7.20. The smallest absolute Gasteiger partial charge is 0.244 e. The number of halogens is 1. The van der Waals surface area contributed by atoms with E-state index in [1.54, 1.807) is 31.2 Å². The van der Waals surface area contributed by atoms with E-state index in [0.717, 1.165) is 34.5 Å². The molecule has 0 saturated carbocycles. The van der Waals surface area contributed by atoms with Crippen LogP contribution in [0.1, 0.15) is 37.8 Å². The highest BCUT2D eigenvalue weighted by Gasteiger charge is 2.30. The number of sulfonamides is 1. The fourth-order valence-electron chi connectivity index (χ4n) is 3.34. The molecule has 7 nitrogen and oxygen atoms in total. The van der Waals surface area contributed by atoms with Crippen LogP contribution in [0.25, 0.3) is 0 Å². The van der Waals surface area contributed by atoms with Gasteiger partial charge in [-0.05, 0) is 59.5 Å². The highest BCUT2D eigenvalue weighted by atomic mass is 79.9. The largest absolute Gasteiger partial charge is 0.354 e. The van der Waals surface area contributed by atoms with Crippen LogP contribution in [0.2, 0.25) is 0 Å². The number of benzene rings is 2. The Bertz CT molecular complexity index is 1070. The molecule has 1 N–H and O–H groups in total. The number of para-hydroxylation sites is 1. The first-order chi connectivity index (χ1) is 15.6. The molecule has 0 aliphatic carbocycles. The maximum Gasteiger partial charge on any atom is 0.244 e. The second-order valence-corrected chi connectivity index (χ2v) is 10.8. The fourth-order valence-corrected chi connectivity index (χ4v) is 4.82. The van der Waals surface area contributed by atoms with E-state index in [-0.39, 0.29) is 12.5 Å². The van der Waals surface area contributed by atoms with Gasteiger partial charge in [0.15, 0.2) is 0 Å². The number of carbonyl (C=O) groups excluding carboxylic acids is 2. The number of hydrogen-bond donors (Lipinski definition) is 1. The number of anilines is 1. The van der Waals surface area contributed by atoms with Crippen LogP contribution in [-0.4, -0.2) is 50.5 Å². The minimum absolute atomic E-state index is 0.196. The van der Waals surface area contributed by atoms with Crippen LogP contribution < -0.4 is 9.62 Å². The van der Waals surface area contributed by atoms with E-state index in [0.29, 0.717) is 16.7 Å². The van der Waals surface area contributed by atoms with Gasteiger partial charge in [-0.1, -0.05) is 49.7 Å². The maximum atomic E-state index is 13.5. The molecule has 0 fully saturated rings. The number of hydrogen-bond acceptors (Lipinski definition) is 4. The first kappa shape index (κ1) is 26.9. The van der Waals surface area contributed by atoms with Crippen LogP contribution in [0.3, 0.4) is 0 Å². The Kier molecular flexibility index (Phi) is 9.91. The Morgan fingerprint density at radius 1 is 1.09 bits per heavy atom. The predicted molar refractivity (Wildman–Crippen MR) is 135 cm³/mol. The summed E-state index contributed by atoms with van der Waals surface area (Å²) in [6, 6.07) is 13.7. The number of aryl methyl sites for hydroxylation is 1. The lowest BCUT2D eigenvalue weighted by atomic mass is 10.1. The first-order valence-corrected chi connectivity index (χ1v) is 13.5. The minimum atomic E-state index is -3.76. The molecule has 2 amide bonds. The summed E-state index contributed by atoms with van der Waals surface area (Å²) in [5, 5.41) is 2.87. The minimum Gasteiger partial charge on any atom is -0.354 e. The highest BCUT2D eigenvalue weighted by molar-refractivity contribution is 9.10. The van der Waals surface area contributed by atoms with Crippen molar-refractivity contribution in [2.75, 3.05) is 23.7 Å². The van der Waals surface area contributed by atoms with E-state index >= 15 is 0 Å². The molecule has 0 aromatic heterocycles. The molecule has 0 heterocycles. The van der Waals surface area contributed by atoms with Crippen LogP contribution in [0.4, 0.5) is 5.69 Å². The normalized spacial score (nSPS) is 12.2. The monoisotopic (exact) mass is 537 g/mol. The molecular weight excluding hydrogens is 506 g/mol. The number of carbonyl (C=O) groups is 2. The second-order valence-electron chi connectivity index (χ2n) is 7.99. The van der Waals surface area contributed by atoms with Gasteiger partial charge in [0.1, 0.15) is 12.6 Å². The number of rotatable bonds is 11. The molecule has 2 rings (SSSR count). The molecule has 0 aliphatic rings. The average Bonchev–Trinajstić information content (AvgIpc) is 2.76. The van der Waals surface area contributed by atoms with Crippen molar-refractivity contribution in [2.45, 2.75) is 46.2 Å². The van der Waals surface area contributed by atoms with E-state index in [2.05, 4.69) is 21.2 Å². The van der Waals surface area contributed by atoms with Gasteiger partial charge < -0.3 is 10.2 Å². The number of unbranched alkanes of at least 4 members (excludes halogenated alkanes) is 1. The van der Waals surface area contributed by atoms with Crippen molar-refractivity contribution in [3.8, 4) is 0 Å². The number of amides is 2. The van der Waals surface area contributed by atoms with Gasteiger partial charge in [-0.3, -0.25) is 13.9 Å². The fraction of sp³-hybridized carbons (Fsp3) is 0.417. The molecule has 0 aliphatic heterocycles. The van der Waals surface area contributed by atoms with Gasteiger partial charge in [0.05, 0.1) is 11.9 Å². The Hall–Kier alpha value is -2.39. The average molecular weight is 539 g/mol. The van der Waals surface area contributed by atoms with Crippen LogP contribution in [0, 0.1) is 6.92 Å². The zero-order valence-corrected chi connectivity index (χ0v) is 21.9. The summed E-state index contributed by atoms with van der Waals surface area (Å²) in [7, 11) is -3.76. The van der Waals surface area contributed by atoms with E-state index < -0.39 is 28.5 Å². The van der Waals surface area contributed by atoms with E-state index in [4.69, 9.17) is 0 Å². The lowest BCUT2D eigenvalue weighted by Gasteiger charge is -2.32. The third kappa shape index (κ3) is 7.57. The lowest BCUT2D eigenvalue weighted by Crippen LogP contribution is -2.51. The topological polar surface area (TPSA) is 86.8 Å². The van der Waals surface area contributed by atoms with E-state index in [1.165, 1.54) is 4.90 Å². The van der Waals surface area contributed by atoms with Crippen LogP contribution in [0.5, 0.6) is 0 Å². The molecule has 2 aromatic carbocycles. The van der Waals surface area contributed by atoms with Crippen molar-refractivity contribution in [1.82, 2.24) is 10.2 Å². The molecule has 0 unspecified atom stereocenters. The number of nitrogens with zero attached hydrogens (tertiary/aromatic N) is 2. The molecule has 9 heteroatoms. The van der Waals surface area contributed by atoms with Crippen molar-refractivity contribution in [3.05, 3.63) is 64.1 Å². The third-order valence-electron chi connectivity index (χ3n) is 5.40. The molecule has 1 atom stereocenters. The molecule has 0 spiro atoms. The Morgan fingerprint density at radius 3 is 2.33 bits per heavy atom. The van der Waals surface area contributed by atoms with Crippen LogP contribution >= 0.6 is 15.9 Å². The maximum absolute atomic E-state index is 13.5. The summed E-state index contributed by atoms with van der Waals surface area (Å²) in [6.45, 7) is 5.94. The molecule has 0 bridgehead atoms. The highest BCUT2D eigenvalue weighted by Crippen LogP contribution is 2.28. The molecule has 0 saturated heterocycles. The van der Waals surface area contributed by atoms with Gasteiger partial charge >= 0.3 is 0 Å². The van der Waals surface area contributed by atoms with Gasteiger partial charge in [0.25, 0.3) is 0 Å². The SMILES string of the molecule is CCCCNC(=O)[C@@H](C)N(Cc1ccccc1C)C(=O)CN(c1ccccc1Br)S(C)(=O)=O. The van der Waals surface area contributed by atoms with Gasteiger partial charge in [-0.15, -0.1) is 0 Å².